The number of thioether (sulfide) groups is 1. The summed E-state index contributed by atoms with van der Waals surface area (Å²) in [7, 11) is 1.40. The summed E-state index contributed by atoms with van der Waals surface area (Å²) in [6, 6.07) is 10.8. The van der Waals surface area contributed by atoms with Gasteiger partial charge in [0.05, 0.1) is 7.11 Å². The maximum atomic E-state index is 12.4. The van der Waals surface area contributed by atoms with Crippen LogP contribution < -0.4 is 9.47 Å². The van der Waals surface area contributed by atoms with Crippen molar-refractivity contribution in [2.75, 3.05) is 7.11 Å². The Hall–Kier alpha value is -2.61. The number of hydrogen-bond donors (Lipinski definition) is 0. The zero-order valence-corrected chi connectivity index (χ0v) is 15.8. The van der Waals surface area contributed by atoms with E-state index >= 15 is 0 Å². The lowest BCUT2D eigenvalue weighted by Gasteiger charge is -2.10. The first-order chi connectivity index (χ1) is 12.9. The maximum Gasteiger partial charge on any atom is 0.387 e. The lowest BCUT2D eigenvalue weighted by atomic mass is 10.1. The second-order valence-electron chi connectivity index (χ2n) is 5.90. The van der Waals surface area contributed by atoms with Gasteiger partial charge in [-0.05, 0) is 43.7 Å². The first kappa shape index (κ1) is 19.2. The minimum atomic E-state index is -2.90. The van der Waals surface area contributed by atoms with Gasteiger partial charge in [-0.15, -0.1) is 10.2 Å². The molecule has 0 spiro atoms. The van der Waals surface area contributed by atoms with E-state index in [1.54, 1.807) is 12.1 Å². The summed E-state index contributed by atoms with van der Waals surface area (Å²) in [5.41, 5.74) is 3.97. The zero-order valence-electron chi connectivity index (χ0n) is 15.0. The van der Waals surface area contributed by atoms with Crippen LogP contribution in [-0.2, 0) is 5.75 Å². The number of methoxy groups -OCH3 is 1. The zero-order chi connectivity index (χ0) is 19.4. The molecule has 3 rings (SSSR count). The predicted octanol–water partition coefficient (Wildman–Crippen LogP) is 5.26. The molecule has 0 unspecified atom stereocenters. The molecule has 2 aromatic carbocycles. The Labute approximate surface area is 159 Å². The highest BCUT2D eigenvalue weighted by molar-refractivity contribution is 7.98. The first-order valence-corrected chi connectivity index (χ1v) is 9.10. The Morgan fingerprint density at radius 2 is 1.78 bits per heavy atom. The third-order valence-electron chi connectivity index (χ3n) is 3.68. The smallest absolute Gasteiger partial charge is 0.387 e. The highest BCUT2D eigenvalue weighted by atomic mass is 32.2. The van der Waals surface area contributed by atoms with E-state index in [1.165, 1.54) is 24.9 Å². The molecule has 0 aliphatic carbocycles. The van der Waals surface area contributed by atoms with Gasteiger partial charge in [0.15, 0.2) is 11.5 Å². The summed E-state index contributed by atoms with van der Waals surface area (Å²) in [6.45, 7) is 1.12. The average Bonchev–Trinajstić information content (AvgIpc) is 3.08. The molecule has 8 heteroatoms. The third-order valence-corrected chi connectivity index (χ3v) is 4.57. The Morgan fingerprint density at radius 1 is 1.04 bits per heavy atom. The quantitative estimate of drug-likeness (QED) is 0.512. The second kappa shape index (κ2) is 8.39. The van der Waals surface area contributed by atoms with Gasteiger partial charge in [0, 0.05) is 11.3 Å². The number of aryl methyl sites for hydroxylation is 2. The topological polar surface area (TPSA) is 57.4 Å². The van der Waals surface area contributed by atoms with E-state index in [4.69, 9.17) is 9.15 Å². The summed E-state index contributed by atoms with van der Waals surface area (Å²) in [4.78, 5) is 0. The van der Waals surface area contributed by atoms with E-state index in [0.717, 1.165) is 22.3 Å². The lowest BCUT2D eigenvalue weighted by Crippen LogP contribution is -2.03. The molecule has 0 aliphatic heterocycles. The summed E-state index contributed by atoms with van der Waals surface area (Å²) in [6.07, 6.45) is 0. The number of benzene rings is 2. The van der Waals surface area contributed by atoms with Gasteiger partial charge in [0.25, 0.3) is 5.22 Å². The third kappa shape index (κ3) is 4.97. The van der Waals surface area contributed by atoms with Crippen molar-refractivity contribution in [2.45, 2.75) is 31.4 Å². The van der Waals surface area contributed by atoms with Crippen molar-refractivity contribution >= 4 is 11.8 Å². The Balaban J connectivity index is 1.69. The summed E-state index contributed by atoms with van der Waals surface area (Å²) < 4.78 is 40.0. The van der Waals surface area contributed by atoms with Crippen molar-refractivity contribution in [3.05, 3.63) is 53.1 Å². The number of ether oxygens (including phenoxy) is 2. The number of nitrogens with zero attached hydrogens (tertiary/aromatic N) is 2. The van der Waals surface area contributed by atoms with E-state index < -0.39 is 6.61 Å². The molecule has 0 amide bonds. The molecule has 0 atom stereocenters. The molecule has 27 heavy (non-hydrogen) atoms. The van der Waals surface area contributed by atoms with Gasteiger partial charge < -0.3 is 13.9 Å². The van der Waals surface area contributed by atoms with Gasteiger partial charge in [-0.25, -0.2) is 0 Å². The molecule has 0 saturated heterocycles. The van der Waals surface area contributed by atoms with Crippen LogP contribution in [0.1, 0.15) is 16.7 Å². The average molecular weight is 392 g/mol. The van der Waals surface area contributed by atoms with Crippen molar-refractivity contribution in [1.29, 1.82) is 0 Å². The molecule has 0 saturated carbocycles. The fraction of sp³-hybridized carbons (Fsp3) is 0.263. The normalized spacial score (nSPS) is 11.0. The summed E-state index contributed by atoms with van der Waals surface area (Å²) in [5, 5.41) is 8.58. The standard InChI is InChI=1S/C19H18F2N2O3S/c1-11-6-12(2)8-14(7-11)17-22-23-19(26-17)27-10-13-4-5-15(25-18(20)21)16(9-13)24-3/h4-9,18H,10H2,1-3H3. The van der Waals surface area contributed by atoms with E-state index in [9.17, 15) is 8.78 Å². The number of aromatic nitrogens is 2. The Bertz CT molecular complexity index is 911. The molecular weight excluding hydrogens is 374 g/mol. The maximum absolute atomic E-state index is 12.4. The van der Waals surface area contributed by atoms with Crippen LogP contribution in [0.25, 0.3) is 11.5 Å². The van der Waals surface area contributed by atoms with Crippen LogP contribution in [0, 0.1) is 13.8 Å². The van der Waals surface area contributed by atoms with Crippen molar-refractivity contribution in [3.8, 4) is 23.0 Å². The van der Waals surface area contributed by atoms with Gasteiger partial charge >= 0.3 is 6.61 Å². The Kier molecular flexibility index (Phi) is 5.95. The molecule has 3 aromatic rings. The highest BCUT2D eigenvalue weighted by Crippen LogP contribution is 2.32. The van der Waals surface area contributed by atoms with E-state index in [1.807, 2.05) is 26.0 Å². The number of hydrogen-bond acceptors (Lipinski definition) is 6. The number of halogens is 2. The predicted molar refractivity (Wildman–Crippen MR) is 98.4 cm³/mol. The van der Waals surface area contributed by atoms with Crippen molar-refractivity contribution in [3.63, 3.8) is 0 Å². The van der Waals surface area contributed by atoms with Crippen LogP contribution in [0.15, 0.2) is 46.0 Å². The number of alkyl halides is 2. The molecule has 5 nitrogen and oxygen atoms in total. The van der Waals surface area contributed by atoms with Crippen molar-refractivity contribution < 1.29 is 22.7 Å². The van der Waals surface area contributed by atoms with Crippen LogP contribution in [0.3, 0.4) is 0 Å². The van der Waals surface area contributed by atoms with Crippen LogP contribution in [0.2, 0.25) is 0 Å². The van der Waals surface area contributed by atoms with Crippen LogP contribution in [0.5, 0.6) is 11.5 Å². The molecular formula is C19H18F2N2O3S. The fourth-order valence-electron chi connectivity index (χ4n) is 2.62. The molecule has 0 bridgehead atoms. The minimum absolute atomic E-state index is 0.00357. The molecule has 0 radical (unpaired) electrons. The van der Waals surface area contributed by atoms with Crippen LogP contribution in [0.4, 0.5) is 8.78 Å². The Morgan fingerprint density at radius 3 is 2.44 bits per heavy atom. The van der Waals surface area contributed by atoms with Crippen molar-refractivity contribution in [1.82, 2.24) is 10.2 Å². The minimum Gasteiger partial charge on any atom is -0.493 e. The molecule has 1 heterocycles. The van der Waals surface area contributed by atoms with E-state index in [0.29, 0.717) is 16.9 Å². The van der Waals surface area contributed by atoms with Gasteiger partial charge in [-0.2, -0.15) is 8.78 Å². The SMILES string of the molecule is COc1cc(CSc2nnc(-c3cc(C)cc(C)c3)o2)ccc1OC(F)F. The monoisotopic (exact) mass is 392 g/mol. The van der Waals surface area contributed by atoms with Gasteiger partial charge in [-0.3, -0.25) is 0 Å². The first-order valence-electron chi connectivity index (χ1n) is 8.11. The second-order valence-corrected chi connectivity index (χ2v) is 6.83. The molecule has 0 aliphatic rings. The van der Waals surface area contributed by atoms with E-state index in [-0.39, 0.29) is 11.5 Å². The molecule has 142 valence electrons. The van der Waals surface area contributed by atoms with Crippen LogP contribution >= 0.6 is 11.8 Å². The molecule has 1 aromatic heterocycles. The van der Waals surface area contributed by atoms with Gasteiger partial charge in [0.1, 0.15) is 0 Å². The fourth-order valence-corrected chi connectivity index (χ4v) is 3.33. The molecule has 0 N–H and O–H groups in total. The number of rotatable bonds is 7. The van der Waals surface area contributed by atoms with Crippen LogP contribution in [-0.4, -0.2) is 23.9 Å². The largest absolute Gasteiger partial charge is 0.493 e. The summed E-state index contributed by atoms with van der Waals surface area (Å²) >= 11 is 1.35. The van der Waals surface area contributed by atoms with E-state index in [2.05, 4.69) is 21.0 Å². The lowest BCUT2D eigenvalue weighted by molar-refractivity contribution is -0.0512. The highest BCUT2D eigenvalue weighted by Gasteiger charge is 2.13. The van der Waals surface area contributed by atoms with Gasteiger partial charge in [0.2, 0.25) is 5.89 Å². The molecule has 0 fully saturated rings. The van der Waals surface area contributed by atoms with Crippen molar-refractivity contribution in [2.24, 2.45) is 0 Å². The van der Waals surface area contributed by atoms with Gasteiger partial charge in [-0.1, -0.05) is 35.0 Å². The summed E-state index contributed by atoms with van der Waals surface area (Å²) in [5.74, 6) is 1.22.